The van der Waals surface area contributed by atoms with Crippen LogP contribution in [0.1, 0.15) is 29.5 Å². The van der Waals surface area contributed by atoms with Crippen molar-refractivity contribution in [3.63, 3.8) is 0 Å². The highest BCUT2D eigenvalue weighted by molar-refractivity contribution is 5.95. The number of morpholine rings is 1. The van der Waals surface area contributed by atoms with Crippen LogP contribution in [-0.4, -0.2) is 67.7 Å². The number of anilines is 1. The molecule has 2 aliphatic rings. The van der Waals surface area contributed by atoms with Gasteiger partial charge in [0, 0.05) is 38.3 Å². The Morgan fingerprint density at radius 1 is 1.06 bits per heavy atom. The molecule has 6 heteroatoms. The molecule has 0 radical (unpaired) electrons. The van der Waals surface area contributed by atoms with Gasteiger partial charge in [0.25, 0.3) is 0 Å². The Morgan fingerprint density at radius 3 is 2.59 bits per heavy atom. The van der Waals surface area contributed by atoms with Crippen LogP contribution in [0.2, 0.25) is 0 Å². The molecule has 0 aromatic heterocycles. The van der Waals surface area contributed by atoms with Gasteiger partial charge in [-0.05, 0) is 53.3 Å². The first-order valence-corrected chi connectivity index (χ1v) is 11.9. The molecule has 1 aliphatic carbocycles. The number of fused-ring (bicyclic) bond motifs is 1. The molecule has 178 valence electrons. The van der Waals surface area contributed by atoms with Crippen molar-refractivity contribution in [2.24, 2.45) is 0 Å². The first kappa shape index (κ1) is 24.1. The number of allylic oxidation sites excluding steroid dienone is 2. The molecule has 0 bridgehead atoms. The molecule has 0 saturated carbocycles. The van der Waals surface area contributed by atoms with E-state index in [0.717, 1.165) is 56.9 Å². The Kier molecular flexibility index (Phi) is 8.41. The average molecular weight is 461 g/mol. The zero-order valence-electron chi connectivity index (χ0n) is 19.5. The Morgan fingerprint density at radius 2 is 1.82 bits per heavy atom. The zero-order chi connectivity index (χ0) is 23.8. The molecular weight excluding hydrogens is 428 g/mol. The van der Waals surface area contributed by atoms with Crippen molar-refractivity contribution in [2.75, 3.05) is 50.9 Å². The van der Waals surface area contributed by atoms with E-state index in [4.69, 9.17) is 9.84 Å². The van der Waals surface area contributed by atoms with Gasteiger partial charge in [0.2, 0.25) is 5.91 Å². The summed E-state index contributed by atoms with van der Waals surface area (Å²) in [5, 5.41) is 8.88. The maximum atomic E-state index is 13.4. The number of hydrogen-bond acceptors (Lipinski definition) is 5. The van der Waals surface area contributed by atoms with Crippen LogP contribution in [0.25, 0.3) is 11.6 Å². The second-order valence-corrected chi connectivity index (χ2v) is 8.64. The molecule has 1 fully saturated rings. The molecule has 2 aromatic carbocycles. The van der Waals surface area contributed by atoms with Crippen molar-refractivity contribution in [3.05, 3.63) is 77.4 Å². The van der Waals surface area contributed by atoms with E-state index in [2.05, 4.69) is 35.2 Å². The van der Waals surface area contributed by atoms with Crippen molar-refractivity contribution >= 4 is 29.0 Å². The summed E-state index contributed by atoms with van der Waals surface area (Å²) < 4.78 is 5.45. The van der Waals surface area contributed by atoms with Crippen molar-refractivity contribution in [1.29, 1.82) is 0 Å². The van der Waals surface area contributed by atoms with E-state index in [1.54, 1.807) is 6.08 Å². The Bertz CT molecular complexity index is 1050. The van der Waals surface area contributed by atoms with Crippen LogP contribution in [-0.2, 0) is 20.7 Å². The van der Waals surface area contributed by atoms with E-state index < -0.39 is 6.61 Å². The van der Waals surface area contributed by atoms with Gasteiger partial charge in [-0.25, -0.2) is 0 Å². The van der Waals surface area contributed by atoms with Gasteiger partial charge >= 0.3 is 0 Å². The Balaban J connectivity index is 1.44. The lowest BCUT2D eigenvalue weighted by Gasteiger charge is -2.30. The van der Waals surface area contributed by atoms with Crippen molar-refractivity contribution < 1.29 is 19.4 Å². The van der Waals surface area contributed by atoms with E-state index in [1.807, 2.05) is 29.2 Å². The molecule has 6 nitrogen and oxygen atoms in total. The summed E-state index contributed by atoms with van der Waals surface area (Å²) in [4.78, 5) is 28.9. The number of ketones is 1. The average Bonchev–Trinajstić information content (AvgIpc) is 3.30. The minimum Gasteiger partial charge on any atom is -0.388 e. The maximum Gasteiger partial charge on any atom is 0.227 e. The number of aliphatic hydroxyl groups excluding tert-OH is 1. The highest BCUT2D eigenvalue weighted by Gasteiger charge is 2.20. The maximum absolute atomic E-state index is 13.4. The monoisotopic (exact) mass is 460 g/mol. The highest BCUT2D eigenvalue weighted by Crippen LogP contribution is 2.31. The topological polar surface area (TPSA) is 70.1 Å². The third-order valence-corrected chi connectivity index (χ3v) is 6.41. The standard InChI is InChI=1S/C28H32N2O4/c31-21-26(32)13-7-22-5-11-25(12-6-22)30(16-15-29-17-19-34-20-18-29)28(33)14-10-24-9-8-23-3-1-2-4-27(23)24/h1-7,9,11-13,31H,8,10,14-21H2/b13-7+. The first-order chi connectivity index (χ1) is 16.6. The van der Waals surface area contributed by atoms with E-state index in [9.17, 15) is 9.59 Å². The number of carbonyl (C=O) groups is 2. The third-order valence-electron chi connectivity index (χ3n) is 6.41. The largest absolute Gasteiger partial charge is 0.388 e. The summed E-state index contributed by atoms with van der Waals surface area (Å²) in [5.74, 6) is -0.230. The molecular formula is C28H32N2O4. The molecule has 0 spiro atoms. The highest BCUT2D eigenvalue weighted by atomic mass is 16.5. The molecule has 1 heterocycles. The summed E-state index contributed by atoms with van der Waals surface area (Å²) in [6, 6.07) is 16.0. The Labute approximate surface area is 201 Å². The lowest BCUT2D eigenvalue weighted by atomic mass is 10.0. The lowest BCUT2D eigenvalue weighted by molar-refractivity contribution is -0.118. The van der Waals surface area contributed by atoms with Crippen molar-refractivity contribution in [1.82, 2.24) is 4.90 Å². The fraction of sp³-hybridized carbons (Fsp3) is 0.357. The summed E-state index contributed by atoms with van der Waals surface area (Å²) in [6.45, 7) is 4.14. The van der Waals surface area contributed by atoms with Gasteiger partial charge in [-0.2, -0.15) is 0 Å². The zero-order valence-corrected chi connectivity index (χ0v) is 19.5. The summed E-state index contributed by atoms with van der Waals surface area (Å²) >= 11 is 0. The molecule has 1 saturated heterocycles. The molecule has 1 amide bonds. The number of amides is 1. The lowest BCUT2D eigenvalue weighted by Crippen LogP contribution is -2.43. The van der Waals surface area contributed by atoms with E-state index in [1.165, 1.54) is 22.8 Å². The van der Waals surface area contributed by atoms with E-state index in [-0.39, 0.29) is 11.7 Å². The van der Waals surface area contributed by atoms with Crippen LogP contribution in [0.3, 0.4) is 0 Å². The van der Waals surface area contributed by atoms with Crippen LogP contribution in [0.5, 0.6) is 0 Å². The van der Waals surface area contributed by atoms with Crippen LogP contribution in [0, 0.1) is 0 Å². The van der Waals surface area contributed by atoms with Crippen molar-refractivity contribution in [3.8, 4) is 0 Å². The summed E-state index contributed by atoms with van der Waals surface area (Å²) in [6.07, 6.45) is 7.40. The smallest absolute Gasteiger partial charge is 0.227 e. The quantitative estimate of drug-likeness (QED) is 0.551. The predicted octanol–water partition coefficient (Wildman–Crippen LogP) is 3.35. The van der Waals surface area contributed by atoms with Gasteiger partial charge in [-0.3, -0.25) is 14.5 Å². The number of benzene rings is 2. The van der Waals surface area contributed by atoms with Crippen LogP contribution < -0.4 is 4.90 Å². The normalized spacial score (nSPS) is 15.9. The number of hydrogen-bond donors (Lipinski definition) is 1. The molecule has 34 heavy (non-hydrogen) atoms. The summed E-state index contributed by atoms with van der Waals surface area (Å²) in [5.41, 5.74) is 5.55. The van der Waals surface area contributed by atoms with Gasteiger partial charge in [0.15, 0.2) is 5.78 Å². The molecule has 4 rings (SSSR count). The number of ether oxygens (including phenoxy) is 1. The van der Waals surface area contributed by atoms with Crippen molar-refractivity contribution in [2.45, 2.75) is 19.3 Å². The van der Waals surface area contributed by atoms with Gasteiger partial charge in [0.05, 0.1) is 13.2 Å². The number of nitrogens with zero attached hydrogens (tertiary/aromatic N) is 2. The van der Waals surface area contributed by atoms with Gasteiger partial charge in [-0.1, -0.05) is 48.6 Å². The summed E-state index contributed by atoms with van der Waals surface area (Å²) in [7, 11) is 0. The van der Waals surface area contributed by atoms with E-state index in [0.29, 0.717) is 13.0 Å². The third kappa shape index (κ3) is 6.29. The molecule has 0 unspecified atom stereocenters. The molecule has 2 aromatic rings. The first-order valence-electron chi connectivity index (χ1n) is 11.9. The van der Waals surface area contributed by atoms with E-state index >= 15 is 0 Å². The minimum absolute atomic E-state index is 0.109. The number of aliphatic hydroxyl groups is 1. The molecule has 1 aliphatic heterocycles. The fourth-order valence-corrected chi connectivity index (χ4v) is 4.44. The van der Waals surface area contributed by atoms with Crippen LogP contribution >= 0.6 is 0 Å². The SMILES string of the molecule is O=C(/C=C/c1ccc(N(CCN2CCOCC2)C(=O)CCC2=CCc3ccccc32)cc1)CO. The molecule has 0 atom stereocenters. The fourth-order valence-electron chi connectivity index (χ4n) is 4.44. The predicted molar refractivity (Wildman–Crippen MR) is 135 cm³/mol. The van der Waals surface area contributed by atoms with Gasteiger partial charge in [0.1, 0.15) is 6.61 Å². The van der Waals surface area contributed by atoms with Crippen LogP contribution in [0.4, 0.5) is 5.69 Å². The Hall–Kier alpha value is -3.06. The second kappa shape index (κ2) is 11.9. The van der Waals surface area contributed by atoms with Crippen LogP contribution in [0.15, 0.2) is 60.7 Å². The number of carbonyl (C=O) groups excluding carboxylic acids is 2. The molecule has 1 N–H and O–H groups in total. The minimum atomic E-state index is -0.501. The number of rotatable bonds is 10. The van der Waals surface area contributed by atoms with Gasteiger partial charge < -0.3 is 14.7 Å². The second-order valence-electron chi connectivity index (χ2n) is 8.64. The van der Waals surface area contributed by atoms with Gasteiger partial charge in [-0.15, -0.1) is 0 Å².